The highest BCUT2D eigenvalue weighted by atomic mass is 35.5. The first-order valence-corrected chi connectivity index (χ1v) is 7.28. The van der Waals surface area contributed by atoms with Crippen molar-refractivity contribution in [2.24, 2.45) is 0 Å². The number of rotatable bonds is 7. The molecule has 1 unspecified atom stereocenters. The third-order valence-corrected chi connectivity index (χ3v) is 3.53. The Morgan fingerprint density at radius 3 is 2.35 bits per heavy atom. The molecule has 0 bridgehead atoms. The number of benzene rings is 1. The fourth-order valence-corrected chi connectivity index (χ4v) is 2.11. The summed E-state index contributed by atoms with van der Waals surface area (Å²) in [5.74, 6) is -0.230. The molecule has 110 valence electrons. The van der Waals surface area contributed by atoms with Crippen molar-refractivity contribution in [2.75, 3.05) is 19.6 Å². The third kappa shape index (κ3) is 4.85. The van der Waals surface area contributed by atoms with Crippen molar-refractivity contribution in [1.82, 2.24) is 10.2 Å². The monoisotopic (exact) mass is 296 g/mol. The zero-order chi connectivity index (χ0) is 15.0. The third-order valence-electron chi connectivity index (χ3n) is 3.08. The van der Waals surface area contributed by atoms with Crippen LogP contribution in [-0.4, -0.2) is 36.3 Å². The maximum Gasteiger partial charge on any atom is 0.242 e. The average Bonchev–Trinajstić information content (AvgIpc) is 2.48. The Balaban J connectivity index is 2.39. The van der Waals surface area contributed by atoms with E-state index in [1.807, 2.05) is 32.0 Å². The van der Waals surface area contributed by atoms with Crippen molar-refractivity contribution >= 4 is 23.4 Å². The van der Waals surface area contributed by atoms with Crippen LogP contribution in [0.1, 0.15) is 31.2 Å². The van der Waals surface area contributed by atoms with Crippen LogP contribution in [0.4, 0.5) is 0 Å². The molecule has 0 aliphatic carbocycles. The predicted octanol–water partition coefficient (Wildman–Crippen LogP) is 2.34. The van der Waals surface area contributed by atoms with Gasteiger partial charge in [-0.05, 0) is 19.4 Å². The summed E-state index contributed by atoms with van der Waals surface area (Å²) < 4.78 is 0. The smallest absolute Gasteiger partial charge is 0.242 e. The molecule has 1 N–H and O–H groups in total. The Morgan fingerprint density at radius 1 is 1.20 bits per heavy atom. The molecule has 1 aromatic carbocycles. The Kier molecular flexibility index (Phi) is 7.09. The number of halogens is 1. The molecule has 0 fully saturated rings. The van der Waals surface area contributed by atoms with Crippen LogP contribution in [0.25, 0.3) is 0 Å². The summed E-state index contributed by atoms with van der Waals surface area (Å²) in [4.78, 5) is 25.4. The number of nitrogens with zero attached hydrogens (tertiary/aromatic N) is 1. The number of carbonyl (C=O) groups excluding carboxylic acids is 2. The van der Waals surface area contributed by atoms with Gasteiger partial charge in [-0.25, -0.2) is 0 Å². The maximum atomic E-state index is 11.9. The zero-order valence-corrected chi connectivity index (χ0v) is 12.7. The average molecular weight is 297 g/mol. The SMILES string of the molecule is CCN(CC)C(=O)CCNC(=O)C(Cl)c1ccccc1. The minimum atomic E-state index is -0.722. The van der Waals surface area contributed by atoms with Crippen molar-refractivity contribution in [1.29, 1.82) is 0 Å². The quantitative estimate of drug-likeness (QED) is 0.785. The van der Waals surface area contributed by atoms with E-state index < -0.39 is 5.38 Å². The van der Waals surface area contributed by atoms with Crippen LogP contribution in [0.3, 0.4) is 0 Å². The van der Waals surface area contributed by atoms with Crippen molar-refractivity contribution < 1.29 is 9.59 Å². The van der Waals surface area contributed by atoms with Gasteiger partial charge in [0.1, 0.15) is 5.38 Å². The highest BCUT2D eigenvalue weighted by Crippen LogP contribution is 2.19. The number of hydrogen-bond acceptors (Lipinski definition) is 2. The van der Waals surface area contributed by atoms with Crippen LogP contribution in [0.2, 0.25) is 0 Å². The molecule has 5 heteroatoms. The summed E-state index contributed by atoms with van der Waals surface area (Å²) in [6.45, 7) is 5.55. The van der Waals surface area contributed by atoms with Gasteiger partial charge in [0.05, 0.1) is 0 Å². The molecular weight excluding hydrogens is 276 g/mol. The van der Waals surface area contributed by atoms with Crippen LogP contribution < -0.4 is 5.32 Å². The standard InChI is InChI=1S/C15H21ClN2O2/c1-3-18(4-2)13(19)10-11-17-15(20)14(16)12-8-6-5-7-9-12/h5-9,14H,3-4,10-11H2,1-2H3,(H,17,20). The molecule has 0 heterocycles. The Labute approximate surface area is 125 Å². The molecule has 0 saturated carbocycles. The minimum absolute atomic E-state index is 0.0427. The van der Waals surface area contributed by atoms with Crippen LogP contribution in [0.15, 0.2) is 30.3 Å². The first-order valence-electron chi connectivity index (χ1n) is 6.84. The number of alkyl halides is 1. The molecule has 0 aromatic heterocycles. The minimum Gasteiger partial charge on any atom is -0.354 e. The molecular formula is C15H21ClN2O2. The largest absolute Gasteiger partial charge is 0.354 e. The summed E-state index contributed by atoms with van der Waals surface area (Å²) in [6, 6.07) is 9.15. The molecule has 0 saturated heterocycles. The van der Waals surface area contributed by atoms with E-state index in [0.717, 1.165) is 5.56 Å². The van der Waals surface area contributed by atoms with Gasteiger partial charge in [0.15, 0.2) is 0 Å². The summed E-state index contributed by atoms with van der Waals surface area (Å²) in [5.41, 5.74) is 0.752. The van der Waals surface area contributed by atoms with Gasteiger partial charge in [0, 0.05) is 26.1 Å². The van der Waals surface area contributed by atoms with E-state index in [4.69, 9.17) is 11.6 Å². The number of carbonyl (C=O) groups is 2. The normalized spacial score (nSPS) is 11.8. The van der Waals surface area contributed by atoms with Crippen molar-refractivity contribution in [3.63, 3.8) is 0 Å². The van der Waals surface area contributed by atoms with Gasteiger partial charge in [0.2, 0.25) is 11.8 Å². The second-order valence-corrected chi connectivity index (χ2v) is 4.82. The lowest BCUT2D eigenvalue weighted by atomic mass is 10.1. The zero-order valence-electron chi connectivity index (χ0n) is 11.9. The number of amides is 2. The molecule has 0 radical (unpaired) electrons. The van der Waals surface area contributed by atoms with Gasteiger partial charge in [-0.15, -0.1) is 11.6 Å². The maximum absolute atomic E-state index is 11.9. The second-order valence-electron chi connectivity index (χ2n) is 4.38. The molecule has 20 heavy (non-hydrogen) atoms. The summed E-state index contributed by atoms with van der Waals surface area (Å²) in [7, 11) is 0. The summed E-state index contributed by atoms with van der Waals surface area (Å²) in [6.07, 6.45) is 0.297. The van der Waals surface area contributed by atoms with Crippen molar-refractivity contribution in [2.45, 2.75) is 25.6 Å². The van der Waals surface area contributed by atoms with E-state index in [1.54, 1.807) is 17.0 Å². The van der Waals surface area contributed by atoms with Crippen LogP contribution in [0, 0.1) is 0 Å². The highest BCUT2D eigenvalue weighted by molar-refractivity contribution is 6.30. The van der Waals surface area contributed by atoms with Crippen molar-refractivity contribution in [3.05, 3.63) is 35.9 Å². The molecule has 0 aliphatic rings. The first-order chi connectivity index (χ1) is 9.60. The molecule has 1 aromatic rings. The Hall–Kier alpha value is -1.55. The van der Waals surface area contributed by atoms with E-state index in [0.29, 0.717) is 26.1 Å². The van der Waals surface area contributed by atoms with E-state index >= 15 is 0 Å². The summed E-state index contributed by atoms with van der Waals surface area (Å²) in [5, 5.41) is 1.97. The molecule has 0 spiro atoms. The van der Waals surface area contributed by atoms with Crippen molar-refractivity contribution in [3.8, 4) is 0 Å². The van der Waals surface area contributed by atoms with Gasteiger partial charge < -0.3 is 10.2 Å². The van der Waals surface area contributed by atoms with E-state index in [2.05, 4.69) is 5.32 Å². The topological polar surface area (TPSA) is 49.4 Å². The van der Waals surface area contributed by atoms with Crippen LogP contribution in [-0.2, 0) is 9.59 Å². The molecule has 0 aliphatic heterocycles. The van der Waals surface area contributed by atoms with Gasteiger partial charge in [-0.1, -0.05) is 30.3 Å². The lowest BCUT2D eigenvalue weighted by molar-refractivity contribution is -0.130. The predicted molar refractivity (Wildman–Crippen MR) is 80.6 cm³/mol. The van der Waals surface area contributed by atoms with Crippen LogP contribution >= 0.6 is 11.6 Å². The summed E-state index contributed by atoms with van der Waals surface area (Å²) >= 11 is 6.08. The van der Waals surface area contributed by atoms with Gasteiger partial charge in [0.25, 0.3) is 0 Å². The highest BCUT2D eigenvalue weighted by Gasteiger charge is 2.17. The van der Waals surface area contributed by atoms with Gasteiger partial charge in [-0.3, -0.25) is 9.59 Å². The van der Waals surface area contributed by atoms with Gasteiger partial charge >= 0.3 is 0 Å². The number of nitrogens with one attached hydrogen (secondary N) is 1. The van der Waals surface area contributed by atoms with Crippen LogP contribution in [0.5, 0.6) is 0 Å². The van der Waals surface area contributed by atoms with Gasteiger partial charge in [-0.2, -0.15) is 0 Å². The fourth-order valence-electron chi connectivity index (χ4n) is 1.89. The lowest BCUT2D eigenvalue weighted by Crippen LogP contribution is -2.35. The molecule has 2 amide bonds. The van der Waals surface area contributed by atoms with E-state index in [-0.39, 0.29) is 11.8 Å². The second kappa shape index (κ2) is 8.59. The Bertz CT molecular complexity index is 433. The first kappa shape index (κ1) is 16.5. The van der Waals surface area contributed by atoms with E-state index in [1.165, 1.54) is 0 Å². The van der Waals surface area contributed by atoms with E-state index in [9.17, 15) is 9.59 Å². The molecule has 1 atom stereocenters. The Morgan fingerprint density at radius 2 is 1.80 bits per heavy atom. The molecule has 4 nitrogen and oxygen atoms in total. The lowest BCUT2D eigenvalue weighted by Gasteiger charge is -2.18. The number of hydrogen-bond donors (Lipinski definition) is 1. The molecule has 1 rings (SSSR count). The fraction of sp³-hybridized carbons (Fsp3) is 0.467.